The number of benzene rings is 2. The van der Waals surface area contributed by atoms with Gasteiger partial charge in [-0.25, -0.2) is 12.8 Å². The molecule has 2 bridgehead atoms. The number of nitrogens with one attached hydrogen (secondary N) is 2. The summed E-state index contributed by atoms with van der Waals surface area (Å²) in [5.74, 6) is 0.757. The minimum Gasteiger partial charge on any atom is -0.340 e. The molecule has 3 fully saturated rings. The van der Waals surface area contributed by atoms with E-state index in [9.17, 15) is 17.6 Å². The highest BCUT2D eigenvalue weighted by molar-refractivity contribution is 7.89. The molecule has 0 amide bonds. The van der Waals surface area contributed by atoms with E-state index in [1.165, 1.54) is 12.1 Å². The van der Waals surface area contributed by atoms with E-state index in [1.807, 2.05) is 0 Å². The summed E-state index contributed by atoms with van der Waals surface area (Å²) in [7, 11) is -3.76. The summed E-state index contributed by atoms with van der Waals surface area (Å²) in [4.78, 5) is 16.1. The molecule has 2 aliphatic heterocycles. The second-order valence-corrected chi connectivity index (χ2v) is 11.0. The maximum absolute atomic E-state index is 13.7. The van der Waals surface area contributed by atoms with Crippen LogP contribution in [0.15, 0.2) is 64.8 Å². The van der Waals surface area contributed by atoms with Crippen molar-refractivity contribution in [2.45, 2.75) is 36.7 Å². The normalized spacial score (nSPS) is 32.7. The van der Waals surface area contributed by atoms with Crippen molar-refractivity contribution in [3.05, 3.63) is 71.3 Å². The fraction of sp³-hybridized carbons (Fsp3) is 0.375. The summed E-state index contributed by atoms with van der Waals surface area (Å²) in [6.07, 6.45) is 3.22. The molecule has 6 nitrogen and oxygen atoms in total. The van der Waals surface area contributed by atoms with Crippen molar-refractivity contribution in [1.82, 2.24) is 9.62 Å². The molecular weight excluding hydrogens is 429 g/mol. The quantitative estimate of drug-likeness (QED) is 0.683. The Balaban J connectivity index is 1.41. The minimum absolute atomic E-state index is 0.0575. The first kappa shape index (κ1) is 19.9. The monoisotopic (exact) mass is 453 g/mol. The molecule has 2 aromatic carbocycles. The summed E-state index contributed by atoms with van der Waals surface area (Å²) in [5, 5.41) is 3.16. The Morgan fingerprint density at radius 2 is 1.78 bits per heavy atom. The highest BCUT2D eigenvalue weighted by Gasteiger charge is 2.56. The number of hydrogen-bond donors (Lipinski definition) is 2. The number of hydrogen-bond acceptors (Lipinski definition) is 5. The summed E-state index contributed by atoms with van der Waals surface area (Å²) in [5.41, 5.74) is 1.94. The molecule has 2 unspecified atom stereocenters. The third kappa shape index (κ3) is 3.08. The molecule has 0 radical (unpaired) electrons. The average molecular weight is 454 g/mol. The molecule has 4 aliphatic rings. The smallest absolute Gasteiger partial charge is 0.265 e. The number of nitrogens with zero attached hydrogens (tertiary/aromatic N) is 1. The van der Waals surface area contributed by atoms with E-state index in [-0.39, 0.29) is 34.3 Å². The van der Waals surface area contributed by atoms with Crippen LogP contribution in [0.3, 0.4) is 0 Å². The molecule has 1 saturated heterocycles. The Morgan fingerprint density at radius 1 is 1.03 bits per heavy atom. The lowest BCUT2D eigenvalue weighted by Gasteiger charge is -2.44. The minimum atomic E-state index is -3.76. The number of rotatable bonds is 2. The van der Waals surface area contributed by atoms with Crippen molar-refractivity contribution >= 4 is 21.5 Å². The first-order chi connectivity index (χ1) is 15.4. The van der Waals surface area contributed by atoms with Gasteiger partial charge >= 0.3 is 0 Å². The third-order valence-electron chi connectivity index (χ3n) is 7.53. The van der Waals surface area contributed by atoms with Crippen LogP contribution in [0.4, 0.5) is 10.1 Å². The zero-order valence-corrected chi connectivity index (χ0v) is 18.2. The Hall–Kier alpha value is -2.71. The van der Waals surface area contributed by atoms with Crippen LogP contribution >= 0.6 is 0 Å². The van der Waals surface area contributed by atoms with E-state index in [1.54, 1.807) is 36.4 Å². The predicted octanol–water partition coefficient (Wildman–Crippen LogP) is 3.24. The number of carbonyl (C=O) groups excluding carboxylic acids is 1. The van der Waals surface area contributed by atoms with E-state index in [0.717, 1.165) is 24.8 Å². The molecule has 6 rings (SSSR count). The number of likely N-dealkylation sites (tertiary alicyclic amines) is 1. The molecule has 2 saturated carbocycles. The van der Waals surface area contributed by atoms with Crippen LogP contribution in [0.5, 0.6) is 0 Å². The van der Waals surface area contributed by atoms with Crippen LogP contribution in [0.2, 0.25) is 0 Å². The van der Waals surface area contributed by atoms with Crippen LogP contribution in [0, 0.1) is 23.6 Å². The maximum atomic E-state index is 13.7. The molecule has 4 atom stereocenters. The van der Waals surface area contributed by atoms with E-state index in [0.29, 0.717) is 36.2 Å². The van der Waals surface area contributed by atoms with Crippen LogP contribution < -0.4 is 10.0 Å². The van der Waals surface area contributed by atoms with Crippen molar-refractivity contribution in [3.63, 3.8) is 0 Å². The van der Waals surface area contributed by atoms with E-state index in [4.69, 9.17) is 0 Å². The first-order valence-corrected chi connectivity index (χ1v) is 12.5. The van der Waals surface area contributed by atoms with Gasteiger partial charge in [-0.15, -0.1) is 0 Å². The lowest BCUT2D eigenvalue weighted by Crippen LogP contribution is -2.54. The van der Waals surface area contributed by atoms with Gasteiger partial charge in [-0.1, -0.05) is 24.3 Å². The SMILES string of the molecule is O=C1/C(=C2/Nc3ccccc3S(=O)(=O)N2)CN(Cc2ccc(F)cc2)C2C1[C@@H]1CC[C@H]2C1. The van der Waals surface area contributed by atoms with Crippen molar-refractivity contribution in [2.75, 3.05) is 11.9 Å². The Morgan fingerprint density at radius 3 is 2.59 bits per heavy atom. The Labute approximate surface area is 186 Å². The number of ketones is 1. The van der Waals surface area contributed by atoms with Crippen molar-refractivity contribution in [3.8, 4) is 0 Å². The van der Waals surface area contributed by atoms with E-state index < -0.39 is 10.0 Å². The average Bonchev–Trinajstić information content (AvgIpc) is 3.39. The second-order valence-electron chi connectivity index (χ2n) is 9.33. The first-order valence-electron chi connectivity index (χ1n) is 11.1. The lowest BCUT2D eigenvalue weighted by atomic mass is 9.75. The molecule has 2 aliphatic carbocycles. The van der Waals surface area contributed by atoms with Crippen molar-refractivity contribution < 1.29 is 17.6 Å². The van der Waals surface area contributed by atoms with Gasteiger partial charge in [-0.3, -0.25) is 14.4 Å². The molecule has 32 heavy (non-hydrogen) atoms. The highest BCUT2D eigenvalue weighted by atomic mass is 32.2. The van der Waals surface area contributed by atoms with Gasteiger partial charge in [-0.2, -0.15) is 0 Å². The summed E-state index contributed by atoms with van der Waals surface area (Å²) in [6.45, 7) is 0.950. The molecule has 8 heteroatoms. The Bertz CT molecular complexity index is 1240. The standard InChI is InChI=1S/C24H24FN3O3S/c25-17-9-5-14(6-10-17)12-28-13-18(23(29)21-15-7-8-16(11-15)22(21)28)24-26-19-3-1-2-4-20(19)32(30,31)27-24/h1-6,9-10,15-16,21-22,26-27H,7-8,11-13H2/b24-18-/t15-,16+,21?,22?/m1/s1. The third-order valence-corrected chi connectivity index (χ3v) is 8.94. The predicted molar refractivity (Wildman–Crippen MR) is 117 cm³/mol. The van der Waals surface area contributed by atoms with Gasteiger partial charge in [0.25, 0.3) is 10.0 Å². The van der Waals surface area contributed by atoms with E-state index >= 15 is 0 Å². The molecule has 2 N–H and O–H groups in total. The van der Waals surface area contributed by atoms with Gasteiger partial charge in [0, 0.05) is 25.0 Å². The van der Waals surface area contributed by atoms with Crippen LogP contribution in [0.1, 0.15) is 24.8 Å². The van der Waals surface area contributed by atoms with Gasteiger partial charge in [0.2, 0.25) is 0 Å². The summed E-state index contributed by atoms with van der Waals surface area (Å²) >= 11 is 0. The topological polar surface area (TPSA) is 78.5 Å². The maximum Gasteiger partial charge on any atom is 0.265 e. The second kappa shape index (κ2) is 7.15. The molecule has 166 valence electrons. The highest BCUT2D eigenvalue weighted by Crippen LogP contribution is 2.53. The fourth-order valence-electron chi connectivity index (χ4n) is 6.22. The zero-order valence-electron chi connectivity index (χ0n) is 17.4. The number of para-hydroxylation sites is 1. The Kier molecular flexibility index (Phi) is 4.45. The van der Waals surface area contributed by atoms with Crippen molar-refractivity contribution in [1.29, 1.82) is 0 Å². The number of fused-ring (bicyclic) bond motifs is 6. The summed E-state index contributed by atoms with van der Waals surface area (Å²) < 4.78 is 41.7. The molecule has 2 aromatic rings. The van der Waals surface area contributed by atoms with Gasteiger partial charge < -0.3 is 5.32 Å². The largest absolute Gasteiger partial charge is 0.340 e. The van der Waals surface area contributed by atoms with Crippen LogP contribution in [-0.4, -0.2) is 31.7 Å². The number of halogens is 1. The molecule has 0 spiro atoms. The lowest BCUT2D eigenvalue weighted by molar-refractivity contribution is -0.126. The van der Waals surface area contributed by atoms with Crippen LogP contribution in [0.25, 0.3) is 0 Å². The van der Waals surface area contributed by atoms with Crippen molar-refractivity contribution in [2.24, 2.45) is 17.8 Å². The number of anilines is 1. The number of carbonyl (C=O) groups is 1. The van der Waals surface area contributed by atoms with Gasteiger partial charge in [0.15, 0.2) is 5.78 Å². The fourth-order valence-corrected chi connectivity index (χ4v) is 7.44. The molecular formula is C24H24FN3O3S. The number of piperidine rings is 1. The van der Waals surface area contributed by atoms with Gasteiger partial charge in [0.1, 0.15) is 16.5 Å². The van der Waals surface area contributed by atoms with E-state index in [2.05, 4.69) is 14.9 Å². The molecule has 2 heterocycles. The van der Waals surface area contributed by atoms with Crippen LogP contribution in [-0.2, 0) is 21.4 Å². The molecule has 0 aromatic heterocycles. The van der Waals surface area contributed by atoms with Gasteiger partial charge in [0.05, 0.1) is 11.3 Å². The zero-order chi connectivity index (χ0) is 22.0. The van der Waals surface area contributed by atoms with Gasteiger partial charge in [-0.05, 0) is 60.9 Å². The summed E-state index contributed by atoms with van der Waals surface area (Å²) in [6, 6.07) is 13.3. The number of Topliss-reactive ketones (excluding diaryl/α,β-unsaturated/α-hetero) is 1. The number of sulfonamides is 1.